The number of hydrogen-bond donors (Lipinski definition) is 1. The van der Waals surface area contributed by atoms with Crippen LogP contribution in [0.2, 0.25) is 0 Å². The number of methoxy groups -OCH3 is 1. The van der Waals surface area contributed by atoms with E-state index in [-0.39, 0.29) is 5.92 Å². The molecule has 0 rings (SSSR count). The van der Waals surface area contributed by atoms with Crippen LogP contribution in [0.3, 0.4) is 0 Å². The van der Waals surface area contributed by atoms with Crippen LogP contribution in [0.25, 0.3) is 0 Å². The van der Waals surface area contributed by atoms with Crippen LogP contribution in [-0.4, -0.2) is 18.2 Å². The summed E-state index contributed by atoms with van der Waals surface area (Å²) in [6.45, 7) is 5.33. The summed E-state index contributed by atoms with van der Waals surface area (Å²) in [6, 6.07) is 0. The van der Waals surface area contributed by atoms with Crippen molar-refractivity contribution in [1.82, 2.24) is 0 Å². The van der Waals surface area contributed by atoms with Crippen molar-refractivity contribution in [2.75, 3.05) is 7.11 Å². The van der Waals surface area contributed by atoms with Crippen LogP contribution >= 0.6 is 0 Å². The van der Waals surface area contributed by atoms with Gasteiger partial charge < -0.3 is 9.84 Å². The van der Waals surface area contributed by atoms with E-state index in [0.29, 0.717) is 0 Å². The lowest BCUT2D eigenvalue weighted by Crippen LogP contribution is -2.17. The number of carboxylic acids is 1. The summed E-state index contributed by atoms with van der Waals surface area (Å²) in [6.07, 6.45) is 4.49. The van der Waals surface area contributed by atoms with Crippen molar-refractivity contribution in [1.29, 1.82) is 0 Å². The van der Waals surface area contributed by atoms with Gasteiger partial charge in [-0.25, -0.2) is 0 Å². The zero-order valence-corrected chi connectivity index (χ0v) is 7.36. The lowest BCUT2D eigenvalue weighted by molar-refractivity contribution is -0.141. The Morgan fingerprint density at radius 3 is 2.58 bits per heavy atom. The van der Waals surface area contributed by atoms with E-state index in [1.54, 1.807) is 13.0 Å². The number of rotatable bonds is 5. The molecule has 0 aromatic heterocycles. The minimum absolute atomic E-state index is 0.0890. The molecule has 0 saturated heterocycles. The van der Waals surface area contributed by atoms with Gasteiger partial charge in [-0.2, -0.15) is 0 Å². The zero-order chi connectivity index (χ0) is 9.56. The Bertz CT molecular complexity index is 184. The van der Waals surface area contributed by atoms with Gasteiger partial charge in [0.2, 0.25) is 0 Å². The average Bonchev–Trinajstić information content (AvgIpc) is 2.04. The largest absolute Gasteiger partial charge is 0.505 e. The summed E-state index contributed by atoms with van der Waals surface area (Å²) in [5, 5.41) is 8.75. The SMILES string of the molecule is C=CC(C)C(/C=C/OC)C(=O)O. The molecule has 2 unspecified atom stereocenters. The number of carbonyl (C=O) groups is 1. The average molecular weight is 170 g/mol. The molecule has 0 heterocycles. The van der Waals surface area contributed by atoms with Gasteiger partial charge in [0, 0.05) is 0 Å². The minimum atomic E-state index is -0.865. The lowest BCUT2D eigenvalue weighted by Gasteiger charge is -2.11. The summed E-state index contributed by atoms with van der Waals surface area (Å²) in [7, 11) is 1.48. The summed E-state index contributed by atoms with van der Waals surface area (Å²) < 4.78 is 4.64. The molecule has 0 fully saturated rings. The number of allylic oxidation sites excluding steroid dienone is 1. The highest BCUT2D eigenvalue weighted by Gasteiger charge is 2.18. The Morgan fingerprint density at radius 2 is 2.25 bits per heavy atom. The van der Waals surface area contributed by atoms with Gasteiger partial charge in [0.15, 0.2) is 0 Å². The van der Waals surface area contributed by atoms with Gasteiger partial charge >= 0.3 is 5.97 Å². The first-order valence-corrected chi connectivity index (χ1v) is 3.68. The van der Waals surface area contributed by atoms with E-state index in [9.17, 15) is 4.79 Å². The molecule has 68 valence electrons. The van der Waals surface area contributed by atoms with E-state index in [0.717, 1.165) is 0 Å². The van der Waals surface area contributed by atoms with Crippen molar-refractivity contribution in [2.45, 2.75) is 6.92 Å². The van der Waals surface area contributed by atoms with Crippen molar-refractivity contribution < 1.29 is 14.6 Å². The number of aliphatic carboxylic acids is 1. The summed E-state index contributed by atoms with van der Waals surface area (Å²) in [4.78, 5) is 10.7. The van der Waals surface area contributed by atoms with Gasteiger partial charge in [-0.3, -0.25) is 4.79 Å². The van der Waals surface area contributed by atoms with E-state index in [4.69, 9.17) is 5.11 Å². The maximum atomic E-state index is 10.7. The van der Waals surface area contributed by atoms with Gasteiger partial charge in [0.1, 0.15) is 0 Å². The van der Waals surface area contributed by atoms with Crippen LogP contribution in [0, 0.1) is 11.8 Å². The molecule has 0 amide bonds. The van der Waals surface area contributed by atoms with Crippen LogP contribution in [-0.2, 0) is 9.53 Å². The topological polar surface area (TPSA) is 46.5 Å². The number of ether oxygens (including phenoxy) is 1. The summed E-state index contributed by atoms with van der Waals surface area (Å²) >= 11 is 0. The molecule has 0 spiro atoms. The van der Waals surface area contributed by atoms with Crippen molar-refractivity contribution in [3.8, 4) is 0 Å². The fourth-order valence-corrected chi connectivity index (χ4v) is 0.792. The van der Waals surface area contributed by atoms with E-state index in [2.05, 4.69) is 11.3 Å². The second kappa shape index (κ2) is 5.41. The molecule has 0 aromatic carbocycles. The first kappa shape index (κ1) is 10.8. The predicted molar refractivity (Wildman–Crippen MR) is 46.6 cm³/mol. The van der Waals surface area contributed by atoms with E-state index >= 15 is 0 Å². The fraction of sp³-hybridized carbons (Fsp3) is 0.444. The molecule has 0 aliphatic carbocycles. The van der Waals surface area contributed by atoms with Crippen LogP contribution in [0.4, 0.5) is 0 Å². The molecule has 0 aliphatic rings. The maximum absolute atomic E-state index is 10.7. The zero-order valence-electron chi connectivity index (χ0n) is 7.36. The van der Waals surface area contributed by atoms with Crippen LogP contribution < -0.4 is 0 Å². The molecule has 2 atom stereocenters. The first-order chi connectivity index (χ1) is 5.63. The summed E-state index contributed by atoms with van der Waals surface area (Å²) in [5.74, 6) is -1.51. The second-order valence-corrected chi connectivity index (χ2v) is 2.52. The smallest absolute Gasteiger partial charge is 0.311 e. The van der Waals surface area contributed by atoms with Gasteiger partial charge in [0.05, 0.1) is 19.3 Å². The molecule has 1 N–H and O–H groups in total. The van der Waals surface area contributed by atoms with Gasteiger partial charge in [-0.05, 0) is 12.0 Å². The molecular formula is C9H14O3. The Hall–Kier alpha value is -1.25. The molecule has 12 heavy (non-hydrogen) atoms. The fourth-order valence-electron chi connectivity index (χ4n) is 0.792. The molecule has 0 aromatic rings. The lowest BCUT2D eigenvalue weighted by atomic mass is 9.94. The highest BCUT2D eigenvalue weighted by Crippen LogP contribution is 2.14. The Labute approximate surface area is 72.3 Å². The molecule has 0 radical (unpaired) electrons. The predicted octanol–water partition coefficient (Wildman–Crippen LogP) is 1.67. The van der Waals surface area contributed by atoms with Crippen LogP contribution in [0.5, 0.6) is 0 Å². The molecular weight excluding hydrogens is 156 g/mol. The van der Waals surface area contributed by atoms with Crippen molar-refractivity contribution in [2.24, 2.45) is 11.8 Å². The monoisotopic (exact) mass is 170 g/mol. The highest BCUT2D eigenvalue weighted by molar-refractivity contribution is 5.72. The highest BCUT2D eigenvalue weighted by atomic mass is 16.5. The van der Waals surface area contributed by atoms with Crippen LogP contribution in [0.1, 0.15) is 6.92 Å². The van der Waals surface area contributed by atoms with Crippen molar-refractivity contribution >= 4 is 5.97 Å². The third-order valence-corrected chi connectivity index (χ3v) is 1.65. The standard InChI is InChI=1S/C9H14O3/c1-4-7(2)8(9(10)11)5-6-12-3/h4-8H,1H2,2-3H3,(H,10,11)/b6-5+. The third-order valence-electron chi connectivity index (χ3n) is 1.65. The normalized spacial score (nSPS) is 15.5. The van der Waals surface area contributed by atoms with Crippen LogP contribution in [0.15, 0.2) is 25.0 Å². The number of carboxylic acid groups (broad SMARTS) is 1. The van der Waals surface area contributed by atoms with Gasteiger partial charge in [0.25, 0.3) is 0 Å². The molecule has 0 saturated carbocycles. The molecule has 3 nitrogen and oxygen atoms in total. The third kappa shape index (κ3) is 3.23. The van der Waals surface area contributed by atoms with Crippen molar-refractivity contribution in [3.05, 3.63) is 25.0 Å². The number of hydrogen-bond acceptors (Lipinski definition) is 2. The Morgan fingerprint density at radius 1 is 1.67 bits per heavy atom. The van der Waals surface area contributed by atoms with E-state index < -0.39 is 11.9 Å². The maximum Gasteiger partial charge on any atom is 0.311 e. The van der Waals surface area contributed by atoms with Gasteiger partial charge in [-0.15, -0.1) is 6.58 Å². The minimum Gasteiger partial charge on any atom is -0.505 e. The summed E-state index contributed by atoms with van der Waals surface area (Å²) in [5.41, 5.74) is 0. The molecule has 0 aliphatic heterocycles. The first-order valence-electron chi connectivity index (χ1n) is 3.68. The Kier molecular flexibility index (Phi) is 4.84. The Balaban J connectivity index is 4.32. The second-order valence-electron chi connectivity index (χ2n) is 2.52. The quantitative estimate of drug-likeness (QED) is 0.504. The van der Waals surface area contributed by atoms with E-state index in [1.165, 1.54) is 19.4 Å². The molecule has 0 bridgehead atoms. The molecule has 3 heteroatoms. The van der Waals surface area contributed by atoms with E-state index in [1.807, 2.05) is 0 Å². The van der Waals surface area contributed by atoms with Crippen molar-refractivity contribution in [3.63, 3.8) is 0 Å². The van der Waals surface area contributed by atoms with Gasteiger partial charge in [-0.1, -0.05) is 13.0 Å².